The predicted octanol–water partition coefficient (Wildman–Crippen LogP) is 0.593. The first-order chi connectivity index (χ1) is 9.56. The number of nitrogens with zero attached hydrogens (tertiary/aromatic N) is 2. The molecule has 1 fully saturated rings. The summed E-state index contributed by atoms with van der Waals surface area (Å²) in [5, 5.41) is 13.5. The van der Waals surface area contributed by atoms with E-state index >= 15 is 0 Å². The Kier molecular flexibility index (Phi) is 3.08. The Bertz CT molecular complexity index is 677. The van der Waals surface area contributed by atoms with Gasteiger partial charge in [0.05, 0.1) is 12.1 Å². The highest BCUT2D eigenvalue weighted by Gasteiger charge is 2.19. The standard InChI is InChI=1S/C14H16BN3O2/c1-17-10(8-16-14(20)18-3-2-4-18)5-9-6-11(15)13(19)7-12(9)17/h5-7,19H,2-4,8H2,1H3,(H,16,20). The van der Waals surface area contributed by atoms with E-state index in [0.717, 1.165) is 36.1 Å². The van der Waals surface area contributed by atoms with E-state index in [0.29, 0.717) is 12.0 Å². The van der Waals surface area contributed by atoms with Crippen LogP contribution in [0.4, 0.5) is 4.79 Å². The molecule has 1 aliphatic rings. The molecule has 5 nitrogen and oxygen atoms in total. The predicted molar refractivity (Wildman–Crippen MR) is 78.4 cm³/mol. The van der Waals surface area contributed by atoms with E-state index in [9.17, 15) is 9.90 Å². The second kappa shape index (κ2) is 4.78. The number of hydrogen-bond donors (Lipinski definition) is 2. The molecular weight excluding hydrogens is 253 g/mol. The Labute approximate surface area is 118 Å². The number of benzene rings is 1. The van der Waals surface area contributed by atoms with E-state index in [1.54, 1.807) is 17.0 Å². The highest BCUT2D eigenvalue weighted by molar-refractivity contribution is 6.35. The fourth-order valence-electron chi connectivity index (χ4n) is 2.42. The molecule has 0 aliphatic carbocycles. The number of phenolic OH excluding ortho intramolecular Hbond substituents is 1. The van der Waals surface area contributed by atoms with Crippen LogP contribution in [0.1, 0.15) is 12.1 Å². The Morgan fingerprint density at radius 1 is 1.40 bits per heavy atom. The third kappa shape index (κ3) is 2.11. The van der Waals surface area contributed by atoms with Crippen LogP contribution < -0.4 is 10.8 Å². The first-order valence-corrected chi connectivity index (χ1v) is 6.66. The number of nitrogens with one attached hydrogen (secondary N) is 1. The second-order valence-electron chi connectivity index (χ2n) is 5.16. The number of aromatic nitrogens is 1. The molecular formula is C14H16BN3O2. The maximum atomic E-state index is 11.8. The molecule has 0 bridgehead atoms. The number of amides is 2. The molecule has 3 rings (SSSR count). The molecule has 2 aromatic rings. The molecule has 1 saturated heterocycles. The minimum absolute atomic E-state index is 0.0242. The van der Waals surface area contributed by atoms with E-state index in [1.807, 2.05) is 17.7 Å². The Morgan fingerprint density at radius 2 is 2.15 bits per heavy atom. The van der Waals surface area contributed by atoms with Gasteiger partial charge in [-0.25, -0.2) is 4.79 Å². The zero-order chi connectivity index (χ0) is 14.3. The minimum atomic E-state index is -0.0242. The lowest BCUT2D eigenvalue weighted by Gasteiger charge is -2.30. The summed E-state index contributed by atoms with van der Waals surface area (Å²) >= 11 is 0. The van der Waals surface area contributed by atoms with Crippen LogP contribution in [0.15, 0.2) is 18.2 Å². The smallest absolute Gasteiger partial charge is 0.317 e. The number of hydrogen-bond acceptors (Lipinski definition) is 2. The van der Waals surface area contributed by atoms with Gasteiger partial charge < -0.3 is 19.9 Å². The van der Waals surface area contributed by atoms with Gasteiger partial charge in [0.15, 0.2) is 0 Å². The second-order valence-corrected chi connectivity index (χ2v) is 5.16. The van der Waals surface area contributed by atoms with Crippen molar-refractivity contribution in [2.45, 2.75) is 13.0 Å². The molecule has 2 amide bonds. The Hall–Kier alpha value is -2.11. The third-order valence-corrected chi connectivity index (χ3v) is 3.85. The number of rotatable bonds is 2. The largest absolute Gasteiger partial charge is 0.509 e. The van der Waals surface area contributed by atoms with Crippen LogP contribution in [-0.2, 0) is 13.6 Å². The van der Waals surface area contributed by atoms with Crippen molar-refractivity contribution in [3.05, 3.63) is 23.9 Å². The van der Waals surface area contributed by atoms with E-state index < -0.39 is 0 Å². The first-order valence-electron chi connectivity index (χ1n) is 6.66. The minimum Gasteiger partial charge on any atom is -0.509 e. The van der Waals surface area contributed by atoms with Crippen molar-refractivity contribution in [3.8, 4) is 5.75 Å². The number of carbonyl (C=O) groups excluding carboxylic acids is 1. The average molecular weight is 269 g/mol. The molecule has 2 heterocycles. The lowest BCUT2D eigenvalue weighted by Crippen LogP contribution is -2.47. The topological polar surface area (TPSA) is 57.5 Å². The van der Waals surface area contributed by atoms with Gasteiger partial charge in [-0.3, -0.25) is 0 Å². The maximum absolute atomic E-state index is 11.8. The number of likely N-dealkylation sites (tertiary alicyclic amines) is 1. The van der Waals surface area contributed by atoms with Gasteiger partial charge in [-0.1, -0.05) is 11.5 Å². The summed E-state index contributed by atoms with van der Waals surface area (Å²) in [6, 6.07) is 5.34. The third-order valence-electron chi connectivity index (χ3n) is 3.85. The average Bonchev–Trinajstić information content (AvgIpc) is 2.63. The van der Waals surface area contributed by atoms with Gasteiger partial charge in [-0.2, -0.15) is 0 Å². The van der Waals surface area contributed by atoms with Crippen LogP contribution in [-0.4, -0.2) is 41.5 Å². The molecule has 2 N–H and O–H groups in total. The molecule has 2 radical (unpaired) electrons. The molecule has 0 unspecified atom stereocenters. The zero-order valence-electron chi connectivity index (χ0n) is 11.4. The number of fused-ring (bicyclic) bond motifs is 1. The fourth-order valence-corrected chi connectivity index (χ4v) is 2.42. The Morgan fingerprint density at radius 3 is 2.80 bits per heavy atom. The van der Waals surface area contributed by atoms with Crippen molar-refractivity contribution in [3.63, 3.8) is 0 Å². The summed E-state index contributed by atoms with van der Waals surface area (Å²) in [7, 11) is 7.60. The van der Waals surface area contributed by atoms with Crippen LogP contribution in [0.3, 0.4) is 0 Å². The van der Waals surface area contributed by atoms with Crippen LogP contribution in [0, 0.1) is 0 Å². The molecule has 0 atom stereocenters. The summed E-state index contributed by atoms with van der Waals surface area (Å²) in [5.74, 6) is 0.0786. The SMILES string of the molecule is [B]c1cc2cc(CNC(=O)N3CCC3)n(C)c2cc1O. The molecule has 6 heteroatoms. The number of aryl methyl sites for hydroxylation is 1. The number of urea groups is 1. The Balaban J connectivity index is 1.81. The first kappa shape index (κ1) is 12.9. The molecule has 102 valence electrons. The van der Waals surface area contributed by atoms with Gasteiger partial charge in [0.2, 0.25) is 0 Å². The van der Waals surface area contributed by atoms with Crippen LogP contribution >= 0.6 is 0 Å². The number of carbonyl (C=O) groups is 1. The van der Waals surface area contributed by atoms with Crippen molar-refractivity contribution in [2.75, 3.05) is 13.1 Å². The summed E-state index contributed by atoms with van der Waals surface area (Å²) in [4.78, 5) is 13.6. The number of phenols is 1. The highest BCUT2D eigenvalue weighted by Crippen LogP contribution is 2.21. The molecule has 0 spiro atoms. The summed E-state index contributed by atoms with van der Waals surface area (Å²) in [6.45, 7) is 2.14. The van der Waals surface area contributed by atoms with Gasteiger partial charge in [-0.15, -0.1) is 0 Å². The fraction of sp³-hybridized carbons (Fsp3) is 0.357. The van der Waals surface area contributed by atoms with Crippen LogP contribution in [0.2, 0.25) is 0 Å². The van der Waals surface area contributed by atoms with E-state index in [-0.39, 0.29) is 11.8 Å². The lowest BCUT2D eigenvalue weighted by atomic mass is 9.94. The summed E-state index contributed by atoms with van der Waals surface area (Å²) in [6.07, 6.45) is 1.08. The molecule has 1 aliphatic heterocycles. The molecule has 20 heavy (non-hydrogen) atoms. The quantitative estimate of drug-likeness (QED) is 0.784. The molecule has 0 saturated carbocycles. The lowest BCUT2D eigenvalue weighted by molar-refractivity contribution is 0.167. The van der Waals surface area contributed by atoms with E-state index in [4.69, 9.17) is 7.85 Å². The van der Waals surface area contributed by atoms with E-state index in [2.05, 4.69) is 5.32 Å². The van der Waals surface area contributed by atoms with Gasteiger partial charge in [0.25, 0.3) is 0 Å². The van der Waals surface area contributed by atoms with Gasteiger partial charge >= 0.3 is 6.03 Å². The van der Waals surface area contributed by atoms with E-state index in [1.165, 1.54) is 0 Å². The molecule has 1 aromatic carbocycles. The highest BCUT2D eigenvalue weighted by atomic mass is 16.3. The van der Waals surface area contributed by atoms with Crippen molar-refractivity contribution >= 4 is 30.2 Å². The van der Waals surface area contributed by atoms with Crippen LogP contribution in [0.25, 0.3) is 10.9 Å². The van der Waals surface area contributed by atoms with Gasteiger partial charge in [0, 0.05) is 31.9 Å². The maximum Gasteiger partial charge on any atom is 0.317 e. The van der Waals surface area contributed by atoms with Crippen molar-refractivity contribution in [1.82, 2.24) is 14.8 Å². The summed E-state index contributed by atoms with van der Waals surface area (Å²) < 4.78 is 1.95. The molecule has 1 aromatic heterocycles. The van der Waals surface area contributed by atoms with Gasteiger partial charge in [0.1, 0.15) is 13.6 Å². The van der Waals surface area contributed by atoms with Crippen LogP contribution in [0.5, 0.6) is 5.75 Å². The van der Waals surface area contributed by atoms with Crippen molar-refractivity contribution < 1.29 is 9.90 Å². The summed E-state index contributed by atoms with van der Waals surface area (Å²) in [5.41, 5.74) is 2.23. The van der Waals surface area contributed by atoms with Crippen molar-refractivity contribution in [1.29, 1.82) is 0 Å². The number of aromatic hydroxyl groups is 1. The normalized spacial score (nSPS) is 14.3. The van der Waals surface area contributed by atoms with Gasteiger partial charge in [-0.05, 0) is 17.9 Å². The zero-order valence-corrected chi connectivity index (χ0v) is 11.4. The van der Waals surface area contributed by atoms with Crippen molar-refractivity contribution in [2.24, 2.45) is 7.05 Å². The monoisotopic (exact) mass is 269 g/mol.